The lowest BCUT2D eigenvalue weighted by Crippen LogP contribution is -2.48. The summed E-state index contributed by atoms with van der Waals surface area (Å²) in [5.41, 5.74) is 0.763. The normalized spacial score (nSPS) is 24.7. The summed E-state index contributed by atoms with van der Waals surface area (Å²) >= 11 is 0. The van der Waals surface area contributed by atoms with Crippen molar-refractivity contribution in [1.29, 1.82) is 0 Å². The number of ether oxygens (including phenoxy) is 3. The van der Waals surface area contributed by atoms with E-state index >= 15 is 0 Å². The minimum absolute atomic E-state index is 0.0170. The van der Waals surface area contributed by atoms with Crippen LogP contribution in [0.5, 0.6) is 5.75 Å². The summed E-state index contributed by atoms with van der Waals surface area (Å²) < 4.78 is 16.7. The zero-order chi connectivity index (χ0) is 16.8. The highest BCUT2D eigenvalue weighted by Crippen LogP contribution is 2.21. The molecule has 0 radical (unpaired) electrons. The van der Waals surface area contributed by atoms with Gasteiger partial charge in [0, 0.05) is 44.4 Å². The monoisotopic (exact) mass is 334 g/mol. The van der Waals surface area contributed by atoms with Crippen LogP contribution in [-0.2, 0) is 14.3 Å². The van der Waals surface area contributed by atoms with Gasteiger partial charge in [0.05, 0.1) is 25.9 Å². The Bertz CT molecular complexity index is 546. The van der Waals surface area contributed by atoms with Crippen LogP contribution >= 0.6 is 0 Å². The van der Waals surface area contributed by atoms with Crippen molar-refractivity contribution in [3.63, 3.8) is 0 Å². The average Bonchev–Trinajstić information content (AvgIpc) is 3.15. The van der Waals surface area contributed by atoms with Crippen LogP contribution in [-0.4, -0.2) is 63.0 Å². The van der Waals surface area contributed by atoms with E-state index in [0.717, 1.165) is 50.5 Å². The Morgan fingerprint density at radius 1 is 1.33 bits per heavy atom. The van der Waals surface area contributed by atoms with Crippen LogP contribution in [0.1, 0.15) is 19.3 Å². The number of methoxy groups -OCH3 is 1. The zero-order valence-corrected chi connectivity index (χ0v) is 14.2. The molecule has 1 amide bonds. The number of amides is 1. The molecule has 1 N–H and O–H groups in total. The summed E-state index contributed by atoms with van der Waals surface area (Å²) in [6, 6.07) is 7.40. The van der Waals surface area contributed by atoms with Gasteiger partial charge in [0.1, 0.15) is 5.75 Å². The molecule has 2 aliphatic heterocycles. The lowest BCUT2D eigenvalue weighted by molar-refractivity contribution is -0.118. The Morgan fingerprint density at radius 2 is 2.21 bits per heavy atom. The van der Waals surface area contributed by atoms with E-state index in [0.29, 0.717) is 13.0 Å². The molecule has 0 bridgehead atoms. The van der Waals surface area contributed by atoms with Gasteiger partial charge < -0.3 is 19.5 Å². The van der Waals surface area contributed by atoms with E-state index in [9.17, 15) is 4.79 Å². The third-order valence-corrected chi connectivity index (χ3v) is 4.57. The molecule has 2 atom stereocenters. The third-order valence-electron chi connectivity index (χ3n) is 4.57. The van der Waals surface area contributed by atoms with Crippen molar-refractivity contribution in [2.75, 3.05) is 45.3 Å². The number of nitrogens with one attached hydrogen (secondary N) is 1. The van der Waals surface area contributed by atoms with Crippen LogP contribution in [0.3, 0.4) is 0 Å². The van der Waals surface area contributed by atoms with E-state index in [1.54, 1.807) is 7.11 Å². The van der Waals surface area contributed by atoms with Crippen LogP contribution in [0.4, 0.5) is 5.69 Å². The highest BCUT2D eigenvalue weighted by molar-refractivity contribution is 5.91. The molecular formula is C18H26N2O4. The predicted octanol–water partition coefficient (Wildman–Crippen LogP) is 1.90. The Kier molecular flexibility index (Phi) is 6.07. The molecule has 2 heterocycles. The molecule has 0 aliphatic carbocycles. The smallest absolute Gasteiger partial charge is 0.225 e. The Hall–Kier alpha value is -1.63. The number of carbonyl (C=O) groups is 1. The molecular weight excluding hydrogens is 308 g/mol. The molecule has 0 unspecified atom stereocenters. The quantitative estimate of drug-likeness (QED) is 0.861. The van der Waals surface area contributed by atoms with Crippen LogP contribution in [0.25, 0.3) is 0 Å². The molecule has 1 aromatic rings. The molecule has 0 saturated carbocycles. The predicted molar refractivity (Wildman–Crippen MR) is 91.4 cm³/mol. The van der Waals surface area contributed by atoms with Gasteiger partial charge in [-0.15, -0.1) is 0 Å². The Balaban J connectivity index is 1.43. The van der Waals surface area contributed by atoms with Crippen LogP contribution < -0.4 is 10.1 Å². The van der Waals surface area contributed by atoms with E-state index in [1.165, 1.54) is 0 Å². The van der Waals surface area contributed by atoms with E-state index < -0.39 is 0 Å². The Labute approximate surface area is 143 Å². The fourth-order valence-corrected chi connectivity index (χ4v) is 3.24. The van der Waals surface area contributed by atoms with Crippen molar-refractivity contribution in [2.45, 2.75) is 31.5 Å². The first-order valence-electron chi connectivity index (χ1n) is 8.64. The van der Waals surface area contributed by atoms with Gasteiger partial charge in [0.2, 0.25) is 5.91 Å². The Morgan fingerprint density at radius 3 is 3.00 bits per heavy atom. The largest absolute Gasteiger partial charge is 0.497 e. The lowest BCUT2D eigenvalue weighted by Gasteiger charge is -2.35. The molecule has 6 nitrogen and oxygen atoms in total. The molecule has 1 aromatic carbocycles. The lowest BCUT2D eigenvalue weighted by atomic mass is 10.1. The fourth-order valence-electron chi connectivity index (χ4n) is 3.24. The van der Waals surface area contributed by atoms with Crippen LogP contribution in [0, 0.1) is 0 Å². The topological polar surface area (TPSA) is 60.0 Å². The van der Waals surface area contributed by atoms with E-state index in [1.807, 2.05) is 24.3 Å². The second-order valence-electron chi connectivity index (χ2n) is 6.29. The van der Waals surface area contributed by atoms with Crippen molar-refractivity contribution in [1.82, 2.24) is 4.90 Å². The first kappa shape index (κ1) is 17.2. The van der Waals surface area contributed by atoms with Gasteiger partial charge in [-0.3, -0.25) is 9.69 Å². The molecule has 6 heteroatoms. The molecule has 0 spiro atoms. The highest BCUT2D eigenvalue weighted by atomic mass is 16.5. The zero-order valence-electron chi connectivity index (χ0n) is 14.2. The third kappa shape index (κ3) is 4.69. The van der Waals surface area contributed by atoms with Crippen molar-refractivity contribution >= 4 is 11.6 Å². The molecule has 132 valence electrons. The molecule has 3 rings (SSSR count). The van der Waals surface area contributed by atoms with Gasteiger partial charge in [-0.1, -0.05) is 6.07 Å². The number of hydrogen-bond acceptors (Lipinski definition) is 5. The van der Waals surface area contributed by atoms with Gasteiger partial charge in [-0.25, -0.2) is 0 Å². The summed E-state index contributed by atoms with van der Waals surface area (Å²) in [5, 5.41) is 2.92. The number of anilines is 1. The minimum Gasteiger partial charge on any atom is -0.497 e. The molecule has 24 heavy (non-hydrogen) atoms. The SMILES string of the molecule is COc1cccc(NC(=O)CCN2CCO[C@H]([C@H]3CCCO3)C2)c1. The summed E-state index contributed by atoms with van der Waals surface area (Å²) in [7, 11) is 1.61. The first-order valence-corrected chi connectivity index (χ1v) is 8.64. The average molecular weight is 334 g/mol. The van der Waals surface area contributed by atoms with Crippen molar-refractivity contribution in [3.05, 3.63) is 24.3 Å². The first-order chi connectivity index (χ1) is 11.7. The van der Waals surface area contributed by atoms with Gasteiger partial charge in [-0.2, -0.15) is 0 Å². The van der Waals surface area contributed by atoms with Crippen LogP contribution in [0.2, 0.25) is 0 Å². The number of rotatable bonds is 6. The molecule has 0 aromatic heterocycles. The molecule has 2 saturated heterocycles. The van der Waals surface area contributed by atoms with Gasteiger partial charge in [0.25, 0.3) is 0 Å². The summed E-state index contributed by atoms with van der Waals surface area (Å²) in [5.74, 6) is 0.754. The molecule has 2 aliphatic rings. The van der Waals surface area contributed by atoms with Crippen LogP contribution in [0.15, 0.2) is 24.3 Å². The number of morpholine rings is 1. The van der Waals surface area contributed by atoms with E-state index in [-0.39, 0.29) is 18.1 Å². The highest BCUT2D eigenvalue weighted by Gasteiger charge is 2.31. The second kappa shape index (κ2) is 8.46. The maximum Gasteiger partial charge on any atom is 0.225 e. The standard InChI is InChI=1S/C18H26N2O4/c1-22-15-5-2-4-14(12-15)19-18(21)7-8-20-9-11-24-17(13-20)16-6-3-10-23-16/h2,4-5,12,16-17H,3,6-11,13H2,1H3,(H,19,21)/t16-,17+/m1/s1. The van der Waals surface area contributed by atoms with Gasteiger partial charge >= 0.3 is 0 Å². The summed E-state index contributed by atoms with van der Waals surface area (Å²) in [6.45, 7) is 4.00. The maximum absolute atomic E-state index is 12.2. The minimum atomic E-state index is 0.0170. The molecule has 2 fully saturated rings. The fraction of sp³-hybridized carbons (Fsp3) is 0.611. The van der Waals surface area contributed by atoms with Gasteiger partial charge in [0.15, 0.2) is 0 Å². The second-order valence-corrected chi connectivity index (χ2v) is 6.29. The summed E-state index contributed by atoms with van der Waals surface area (Å²) in [4.78, 5) is 14.5. The number of carbonyl (C=O) groups excluding carboxylic acids is 1. The van der Waals surface area contributed by atoms with Crippen molar-refractivity contribution < 1.29 is 19.0 Å². The summed E-state index contributed by atoms with van der Waals surface area (Å²) in [6.07, 6.45) is 3.03. The van der Waals surface area contributed by atoms with Gasteiger partial charge in [-0.05, 0) is 25.0 Å². The van der Waals surface area contributed by atoms with E-state index in [4.69, 9.17) is 14.2 Å². The number of hydrogen-bond donors (Lipinski definition) is 1. The van der Waals surface area contributed by atoms with E-state index in [2.05, 4.69) is 10.2 Å². The maximum atomic E-state index is 12.2. The van der Waals surface area contributed by atoms with Crippen molar-refractivity contribution in [3.8, 4) is 5.75 Å². The number of nitrogens with zero attached hydrogens (tertiary/aromatic N) is 1. The number of benzene rings is 1. The van der Waals surface area contributed by atoms with Crippen molar-refractivity contribution in [2.24, 2.45) is 0 Å².